The van der Waals surface area contributed by atoms with Gasteiger partial charge in [0.05, 0.1) is 0 Å². The van der Waals surface area contributed by atoms with Crippen LogP contribution in [0.15, 0.2) is 0 Å². The Morgan fingerprint density at radius 1 is 1.40 bits per heavy atom. The molecule has 0 saturated heterocycles. The van der Waals surface area contributed by atoms with E-state index in [9.17, 15) is 0 Å². The van der Waals surface area contributed by atoms with Crippen molar-refractivity contribution in [3.05, 3.63) is 0 Å². The van der Waals surface area contributed by atoms with Gasteiger partial charge in [0, 0.05) is 6.42 Å². The van der Waals surface area contributed by atoms with Crippen LogP contribution < -0.4 is 5.73 Å². The first kappa shape index (κ1) is 9.52. The molecule has 0 fully saturated rings. The number of rotatable bonds is 4. The lowest BCUT2D eigenvalue weighted by atomic mass is 9.95. The first-order valence-corrected chi connectivity index (χ1v) is 3.84. The molecule has 0 rings (SSSR count). The molecule has 0 radical (unpaired) electrons. The maximum atomic E-state index is 5.46. The van der Waals surface area contributed by atoms with Gasteiger partial charge in [-0.2, -0.15) is 0 Å². The Morgan fingerprint density at radius 2 is 2.00 bits per heavy atom. The molecule has 0 aliphatic rings. The molecular weight excluding hydrogens is 122 g/mol. The maximum Gasteiger partial charge on any atom is 0.0112 e. The van der Waals surface area contributed by atoms with E-state index >= 15 is 0 Å². The SMILES string of the molecule is C#CCC(C)CC(C)CN. The van der Waals surface area contributed by atoms with Crippen LogP contribution >= 0.6 is 0 Å². The summed E-state index contributed by atoms with van der Waals surface area (Å²) >= 11 is 0. The molecule has 0 aliphatic heterocycles. The van der Waals surface area contributed by atoms with Crippen LogP contribution in [-0.4, -0.2) is 6.54 Å². The number of hydrogen-bond acceptors (Lipinski definition) is 1. The Labute approximate surface area is 64.0 Å². The third-order valence-corrected chi connectivity index (χ3v) is 1.67. The fourth-order valence-electron chi connectivity index (χ4n) is 1.07. The van der Waals surface area contributed by atoms with Gasteiger partial charge in [0.25, 0.3) is 0 Å². The second-order valence-electron chi connectivity index (χ2n) is 3.09. The summed E-state index contributed by atoms with van der Waals surface area (Å²) < 4.78 is 0. The van der Waals surface area contributed by atoms with Gasteiger partial charge in [0.15, 0.2) is 0 Å². The Balaban J connectivity index is 3.38. The zero-order chi connectivity index (χ0) is 7.98. The van der Waals surface area contributed by atoms with Crippen molar-refractivity contribution >= 4 is 0 Å². The molecule has 58 valence electrons. The largest absolute Gasteiger partial charge is 0.330 e. The van der Waals surface area contributed by atoms with Crippen LogP contribution in [0, 0.1) is 24.2 Å². The van der Waals surface area contributed by atoms with Crippen LogP contribution in [0.3, 0.4) is 0 Å². The first-order chi connectivity index (χ1) is 4.70. The summed E-state index contributed by atoms with van der Waals surface area (Å²) in [5.41, 5.74) is 5.46. The van der Waals surface area contributed by atoms with Crippen molar-refractivity contribution < 1.29 is 0 Å². The minimum Gasteiger partial charge on any atom is -0.330 e. The van der Waals surface area contributed by atoms with E-state index in [1.54, 1.807) is 0 Å². The molecule has 0 aliphatic carbocycles. The summed E-state index contributed by atoms with van der Waals surface area (Å²) in [7, 11) is 0. The maximum absolute atomic E-state index is 5.46. The Bertz CT molecular complexity index is 112. The van der Waals surface area contributed by atoms with Gasteiger partial charge >= 0.3 is 0 Å². The molecule has 2 atom stereocenters. The molecule has 0 spiro atoms. The molecule has 1 nitrogen and oxygen atoms in total. The highest BCUT2D eigenvalue weighted by Crippen LogP contribution is 2.12. The summed E-state index contributed by atoms with van der Waals surface area (Å²) in [4.78, 5) is 0. The van der Waals surface area contributed by atoms with Gasteiger partial charge in [-0.15, -0.1) is 12.3 Å². The van der Waals surface area contributed by atoms with Crippen LogP contribution in [-0.2, 0) is 0 Å². The lowest BCUT2D eigenvalue weighted by Gasteiger charge is -2.12. The van der Waals surface area contributed by atoms with E-state index < -0.39 is 0 Å². The number of terminal acetylenes is 1. The second-order valence-corrected chi connectivity index (χ2v) is 3.09. The summed E-state index contributed by atoms with van der Waals surface area (Å²) in [6.07, 6.45) is 7.20. The second kappa shape index (κ2) is 5.32. The molecule has 2 N–H and O–H groups in total. The highest BCUT2D eigenvalue weighted by Gasteiger charge is 2.04. The highest BCUT2D eigenvalue weighted by molar-refractivity contribution is 4.85. The predicted octanol–water partition coefficient (Wildman–Crippen LogP) is 1.63. The molecule has 10 heavy (non-hydrogen) atoms. The van der Waals surface area contributed by atoms with Crippen molar-refractivity contribution in [3.8, 4) is 12.3 Å². The topological polar surface area (TPSA) is 26.0 Å². The minimum absolute atomic E-state index is 0.614. The Kier molecular flexibility index (Phi) is 5.06. The smallest absolute Gasteiger partial charge is 0.0112 e. The average molecular weight is 139 g/mol. The van der Waals surface area contributed by atoms with E-state index in [1.807, 2.05) is 0 Å². The molecule has 1 heteroatoms. The third-order valence-electron chi connectivity index (χ3n) is 1.67. The summed E-state index contributed by atoms with van der Waals surface area (Å²) in [6, 6.07) is 0. The normalized spacial score (nSPS) is 15.8. The van der Waals surface area contributed by atoms with Crippen molar-refractivity contribution in [1.82, 2.24) is 0 Å². The van der Waals surface area contributed by atoms with Crippen molar-refractivity contribution in [1.29, 1.82) is 0 Å². The molecule has 2 unspecified atom stereocenters. The minimum atomic E-state index is 0.614. The van der Waals surface area contributed by atoms with Crippen LogP contribution in [0.25, 0.3) is 0 Å². The third kappa shape index (κ3) is 4.40. The molecule has 0 aromatic rings. The molecular formula is C9H17N. The zero-order valence-electron chi connectivity index (χ0n) is 6.93. The van der Waals surface area contributed by atoms with Crippen LogP contribution in [0.4, 0.5) is 0 Å². The van der Waals surface area contributed by atoms with E-state index in [0.29, 0.717) is 11.8 Å². The van der Waals surface area contributed by atoms with Crippen molar-refractivity contribution in [2.24, 2.45) is 17.6 Å². The van der Waals surface area contributed by atoms with E-state index in [2.05, 4.69) is 19.8 Å². The van der Waals surface area contributed by atoms with Gasteiger partial charge in [0.1, 0.15) is 0 Å². The van der Waals surface area contributed by atoms with Crippen LogP contribution in [0.5, 0.6) is 0 Å². The van der Waals surface area contributed by atoms with Gasteiger partial charge in [-0.3, -0.25) is 0 Å². The average Bonchev–Trinajstić information content (AvgIpc) is 1.88. The molecule has 0 aromatic carbocycles. The predicted molar refractivity (Wildman–Crippen MR) is 45.4 cm³/mol. The van der Waals surface area contributed by atoms with Gasteiger partial charge in [-0.25, -0.2) is 0 Å². The Morgan fingerprint density at radius 3 is 2.40 bits per heavy atom. The van der Waals surface area contributed by atoms with E-state index in [4.69, 9.17) is 12.2 Å². The van der Waals surface area contributed by atoms with E-state index in [-0.39, 0.29) is 0 Å². The summed E-state index contributed by atoms with van der Waals surface area (Å²) in [5, 5.41) is 0. The zero-order valence-corrected chi connectivity index (χ0v) is 6.93. The van der Waals surface area contributed by atoms with Crippen molar-refractivity contribution in [2.45, 2.75) is 26.7 Å². The molecule has 0 heterocycles. The van der Waals surface area contributed by atoms with Gasteiger partial charge in [0.2, 0.25) is 0 Å². The molecule has 0 bridgehead atoms. The fourth-order valence-corrected chi connectivity index (χ4v) is 1.07. The number of hydrogen-bond donors (Lipinski definition) is 1. The fraction of sp³-hybridized carbons (Fsp3) is 0.778. The lowest BCUT2D eigenvalue weighted by Crippen LogP contribution is -2.13. The van der Waals surface area contributed by atoms with Crippen LogP contribution in [0.2, 0.25) is 0 Å². The van der Waals surface area contributed by atoms with Gasteiger partial charge < -0.3 is 5.73 Å². The molecule has 0 saturated carbocycles. The van der Waals surface area contributed by atoms with E-state index in [0.717, 1.165) is 19.4 Å². The van der Waals surface area contributed by atoms with Crippen molar-refractivity contribution in [3.63, 3.8) is 0 Å². The molecule has 0 aromatic heterocycles. The molecule has 0 amide bonds. The van der Waals surface area contributed by atoms with E-state index in [1.165, 1.54) is 0 Å². The summed E-state index contributed by atoms with van der Waals surface area (Å²) in [6.45, 7) is 5.11. The highest BCUT2D eigenvalue weighted by atomic mass is 14.5. The van der Waals surface area contributed by atoms with Gasteiger partial charge in [-0.05, 0) is 24.8 Å². The van der Waals surface area contributed by atoms with Gasteiger partial charge in [-0.1, -0.05) is 13.8 Å². The summed E-state index contributed by atoms with van der Waals surface area (Å²) in [5.74, 6) is 3.90. The first-order valence-electron chi connectivity index (χ1n) is 3.84. The van der Waals surface area contributed by atoms with Crippen molar-refractivity contribution in [2.75, 3.05) is 6.54 Å². The Hall–Kier alpha value is -0.480. The standard InChI is InChI=1S/C9H17N/c1-4-5-8(2)6-9(3)7-10/h1,8-9H,5-7,10H2,2-3H3. The quantitative estimate of drug-likeness (QED) is 0.589. The monoisotopic (exact) mass is 139 g/mol. The van der Waals surface area contributed by atoms with Crippen LogP contribution in [0.1, 0.15) is 26.7 Å². The lowest BCUT2D eigenvalue weighted by molar-refractivity contribution is 0.428. The number of nitrogens with two attached hydrogens (primary N) is 1.